The molecule has 0 saturated carbocycles. The van der Waals surface area contributed by atoms with Gasteiger partial charge in [-0.3, -0.25) is 0 Å². The SMILES string of the molecule is Cc1cc(CNS(=O)(=O)c2cccc3ccccc23)nc(N(C)C)n1. The number of benzene rings is 2. The quantitative estimate of drug-likeness (QED) is 0.760. The molecule has 7 heteroatoms. The molecule has 1 aromatic heterocycles. The Morgan fingerprint density at radius 1 is 1.04 bits per heavy atom. The fraction of sp³-hybridized carbons (Fsp3) is 0.222. The molecule has 25 heavy (non-hydrogen) atoms. The topological polar surface area (TPSA) is 75.2 Å². The molecule has 0 bridgehead atoms. The van der Waals surface area contributed by atoms with E-state index in [2.05, 4.69) is 14.7 Å². The van der Waals surface area contributed by atoms with Gasteiger partial charge in [-0.05, 0) is 24.4 Å². The number of sulfonamides is 1. The summed E-state index contributed by atoms with van der Waals surface area (Å²) in [6, 6.07) is 14.5. The molecule has 0 fully saturated rings. The van der Waals surface area contributed by atoms with E-state index in [1.807, 2.05) is 51.4 Å². The summed E-state index contributed by atoms with van der Waals surface area (Å²) in [5, 5.41) is 1.59. The standard InChI is InChI=1S/C18H20N4O2S/c1-13-11-15(21-18(20-13)22(2)3)12-19-25(23,24)17-10-6-8-14-7-4-5-9-16(14)17/h4-11,19H,12H2,1-3H3. The lowest BCUT2D eigenvalue weighted by Crippen LogP contribution is -2.24. The molecule has 130 valence electrons. The van der Waals surface area contributed by atoms with Gasteiger partial charge in [0, 0.05) is 25.2 Å². The summed E-state index contributed by atoms with van der Waals surface area (Å²) in [5.74, 6) is 0.555. The van der Waals surface area contributed by atoms with Crippen LogP contribution in [-0.4, -0.2) is 32.5 Å². The predicted octanol–water partition coefficient (Wildman–Crippen LogP) is 2.48. The van der Waals surface area contributed by atoms with Gasteiger partial charge in [0.2, 0.25) is 16.0 Å². The van der Waals surface area contributed by atoms with Gasteiger partial charge in [0.25, 0.3) is 0 Å². The van der Waals surface area contributed by atoms with E-state index in [1.165, 1.54) is 0 Å². The van der Waals surface area contributed by atoms with Crippen LogP contribution in [0.2, 0.25) is 0 Å². The Hall–Kier alpha value is -2.51. The van der Waals surface area contributed by atoms with Crippen LogP contribution in [-0.2, 0) is 16.6 Å². The van der Waals surface area contributed by atoms with Crippen molar-refractivity contribution in [2.24, 2.45) is 0 Å². The summed E-state index contributed by atoms with van der Waals surface area (Å²) in [6.45, 7) is 1.97. The molecule has 3 aromatic rings. The van der Waals surface area contributed by atoms with Gasteiger partial charge in [0.1, 0.15) is 0 Å². The number of aryl methyl sites for hydroxylation is 1. The minimum atomic E-state index is -3.66. The van der Waals surface area contributed by atoms with Crippen LogP contribution in [0, 0.1) is 6.92 Å². The van der Waals surface area contributed by atoms with E-state index in [0.29, 0.717) is 17.0 Å². The molecule has 0 amide bonds. The molecule has 0 unspecified atom stereocenters. The first-order valence-electron chi connectivity index (χ1n) is 7.86. The van der Waals surface area contributed by atoms with Gasteiger partial charge in [0.15, 0.2) is 0 Å². The second-order valence-electron chi connectivity index (χ2n) is 6.00. The molecule has 0 atom stereocenters. The van der Waals surface area contributed by atoms with Crippen molar-refractivity contribution in [1.29, 1.82) is 0 Å². The molecule has 1 heterocycles. The number of hydrogen-bond acceptors (Lipinski definition) is 5. The normalized spacial score (nSPS) is 11.6. The summed E-state index contributed by atoms with van der Waals surface area (Å²) in [6.07, 6.45) is 0. The van der Waals surface area contributed by atoms with E-state index in [4.69, 9.17) is 0 Å². The second-order valence-corrected chi connectivity index (χ2v) is 7.73. The molecule has 3 rings (SSSR count). The van der Waals surface area contributed by atoms with Gasteiger partial charge in [0.05, 0.1) is 17.1 Å². The van der Waals surface area contributed by atoms with E-state index in [0.717, 1.165) is 11.1 Å². The number of rotatable bonds is 5. The summed E-state index contributed by atoms with van der Waals surface area (Å²) in [7, 11) is 0.0371. The van der Waals surface area contributed by atoms with Crippen LogP contribution in [0.5, 0.6) is 0 Å². The van der Waals surface area contributed by atoms with Crippen molar-refractivity contribution in [3.8, 4) is 0 Å². The maximum absolute atomic E-state index is 12.8. The highest BCUT2D eigenvalue weighted by atomic mass is 32.2. The van der Waals surface area contributed by atoms with Crippen molar-refractivity contribution in [2.75, 3.05) is 19.0 Å². The minimum Gasteiger partial charge on any atom is -0.347 e. The third-order valence-electron chi connectivity index (χ3n) is 3.78. The Labute approximate surface area is 147 Å². The number of aromatic nitrogens is 2. The smallest absolute Gasteiger partial charge is 0.241 e. The Bertz CT molecular complexity index is 1010. The van der Waals surface area contributed by atoms with E-state index in [9.17, 15) is 8.42 Å². The predicted molar refractivity (Wildman–Crippen MR) is 99.1 cm³/mol. The van der Waals surface area contributed by atoms with Crippen LogP contribution >= 0.6 is 0 Å². The molecule has 6 nitrogen and oxygen atoms in total. The van der Waals surface area contributed by atoms with Gasteiger partial charge in [-0.25, -0.2) is 23.1 Å². The highest BCUT2D eigenvalue weighted by Gasteiger charge is 2.17. The van der Waals surface area contributed by atoms with Gasteiger partial charge in [-0.2, -0.15) is 0 Å². The van der Waals surface area contributed by atoms with E-state index in [-0.39, 0.29) is 11.4 Å². The summed E-state index contributed by atoms with van der Waals surface area (Å²) >= 11 is 0. The van der Waals surface area contributed by atoms with Crippen LogP contribution in [0.4, 0.5) is 5.95 Å². The number of fused-ring (bicyclic) bond motifs is 1. The van der Waals surface area contributed by atoms with Gasteiger partial charge < -0.3 is 4.90 Å². The lowest BCUT2D eigenvalue weighted by Gasteiger charge is -2.13. The zero-order chi connectivity index (χ0) is 18.0. The zero-order valence-electron chi connectivity index (χ0n) is 14.4. The van der Waals surface area contributed by atoms with Crippen molar-refractivity contribution in [3.05, 3.63) is 59.9 Å². The number of nitrogens with one attached hydrogen (secondary N) is 1. The molecule has 2 aromatic carbocycles. The van der Waals surface area contributed by atoms with Crippen molar-refractivity contribution >= 4 is 26.7 Å². The van der Waals surface area contributed by atoms with Crippen LogP contribution in [0.15, 0.2) is 53.4 Å². The van der Waals surface area contributed by atoms with Crippen molar-refractivity contribution in [3.63, 3.8) is 0 Å². The van der Waals surface area contributed by atoms with E-state index in [1.54, 1.807) is 23.1 Å². The molecular weight excluding hydrogens is 336 g/mol. The fourth-order valence-electron chi connectivity index (χ4n) is 2.58. The molecule has 0 aliphatic heterocycles. The van der Waals surface area contributed by atoms with Crippen molar-refractivity contribution < 1.29 is 8.42 Å². The Balaban J connectivity index is 1.90. The Morgan fingerprint density at radius 3 is 2.52 bits per heavy atom. The maximum atomic E-state index is 12.8. The van der Waals surface area contributed by atoms with E-state index >= 15 is 0 Å². The van der Waals surface area contributed by atoms with Gasteiger partial charge in [-0.1, -0.05) is 36.4 Å². The molecule has 0 saturated heterocycles. The van der Waals surface area contributed by atoms with Crippen LogP contribution in [0.25, 0.3) is 10.8 Å². The summed E-state index contributed by atoms with van der Waals surface area (Å²) in [5.41, 5.74) is 1.41. The average molecular weight is 356 g/mol. The van der Waals surface area contributed by atoms with E-state index < -0.39 is 10.0 Å². The molecular formula is C18H20N4O2S. The second kappa shape index (κ2) is 6.78. The summed E-state index contributed by atoms with van der Waals surface area (Å²) in [4.78, 5) is 10.7. The van der Waals surface area contributed by atoms with Crippen molar-refractivity contribution in [1.82, 2.24) is 14.7 Å². The largest absolute Gasteiger partial charge is 0.347 e. The molecule has 0 spiro atoms. The van der Waals surface area contributed by atoms with Gasteiger partial charge in [-0.15, -0.1) is 0 Å². The highest BCUT2D eigenvalue weighted by molar-refractivity contribution is 7.89. The lowest BCUT2D eigenvalue weighted by atomic mass is 10.1. The highest BCUT2D eigenvalue weighted by Crippen LogP contribution is 2.22. The molecule has 0 aliphatic carbocycles. The first-order chi connectivity index (χ1) is 11.9. The lowest BCUT2D eigenvalue weighted by molar-refractivity contribution is 0.581. The number of nitrogens with zero attached hydrogens (tertiary/aromatic N) is 3. The fourth-order valence-corrected chi connectivity index (χ4v) is 3.81. The van der Waals surface area contributed by atoms with Gasteiger partial charge >= 0.3 is 0 Å². The third kappa shape index (κ3) is 3.78. The molecule has 0 aliphatic rings. The Kier molecular flexibility index (Phi) is 4.69. The van der Waals surface area contributed by atoms with Crippen LogP contribution in [0.1, 0.15) is 11.4 Å². The van der Waals surface area contributed by atoms with Crippen molar-refractivity contribution in [2.45, 2.75) is 18.4 Å². The first-order valence-corrected chi connectivity index (χ1v) is 9.34. The summed E-state index contributed by atoms with van der Waals surface area (Å²) < 4.78 is 28.2. The molecule has 0 radical (unpaired) electrons. The minimum absolute atomic E-state index is 0.107. The zero-order valence-corrected chi connectivity index (χ0v) is 15.2. The first kappa shape index (κ1) is 17.3. The van der Waals surface area contributed by atoms with Crippen LogP contribution in [0.3, 0.4) is 0 Å². The number of anilines is 1. The molecule has 1 N–H and O–H groups in total. The van der Waals surface area contributed by atoms with Crippen LogP contribution < -0.4 is 9.62 Å². The average Bonchev–Trinajstić information content (AvgIpc) is 2.59. The monoisotopic (exact) mass is 356 g/mol. The third-order valence-corrected chi connectivity index (χ3v) is 5.24. The Morgan fingerprint density at radius 2 is 1.76 bits per heavy atom. The maximum Gasteiger partial charge on any atom is 0.241 e. The number of hydrogen-bond donors (Lipinski definition) is 1.